The highest BCUT2D eigenvalue weighted by Gasteiger charge is 2.26. The number of aromatic nitrogens is 2. The maximum absolute atomic E-state index is 9.00. The average Bonchev–Trinajstić information content (AvgIpc) is 2.72. The third-order valence-electron chi connectivity index (χ3n) is 4.95. The third-order valence-corrected chi connectivity index (χ3v) is 5.95. The first kappa shape index (κ1) is 20.0. The van der Waals surface area contributed by atoms with Gasteiger partial charge in [-0.1, -0.05) is 28.8 Å². The molecule has 1 aliphatic heterocycles. The SMILES string of the molecule is CC1=CCSc2c1nc(Nc1ccc(C#N)cc1)[nH+]c2Oc1c(C)cc(C)cc1C. The molecule has 1 aliphatic rings. The molecule has 4 rings (SSSR count). The number of H-pyrrole nitrogens is 1. The maximum atomic E-state index is 9.00. The number of nitrogens with one attached hydrogen (secondary N) is 2. The van der Waals surface area contributed by atoms with Gasteiger partial charge in [0.05, 0.1) is 17.3 Å². The Labute approximate surface area is 180 Å². The third kappa shape index (κ3) is 4.03. The van der Waals surface area contributed by atoms with Crippen LogP contribution >= 0.6 is 11.8 Å². The fourth-order valence-electron chi connectivity index (χ4n) is 3.54. The van der Waals surface area contributed by atoms with Gasteiger partial charge >= 0.3 is 5.95 Å². The summed E-state index contributed by atoms with van der Waals surface area (Å²) in [6.07, 6.45) is 2.18. The Morgan fingerprint density at radius 2 is 1.80 bits per heavy atom. The highest BCUT2D eigenvalue weighted by molar-refractivity contribution is 7.99. The molecular formula is C24H23N4OS+. The number of thioether (sulfide) groups is 1. The quantitative estimate of drug-likeness (QED) is 0.588. The molecule has 30 heavy (non-hydrogen) atoms. The number of nitriles is 1. The number of ether oxygens (including phenoxy) is 1. The van der Waals surface area contributed by atoms with Crippen LogP contribution in [0.2, 0.25) is 0 Å². The van der Waals surface area contributed by atoms with E-state index in [0.29, 0.717) is 17.4 Å². The summed E-state index contributed by atoms with van der Waals surface area (Å²) in [5.74, 6) is 3.02. The zero-order chi connectivity index (χ0) is 21.3. The summed E-state index contributed by atoms with van der Waals surface area (Å²) in [4.78, 5) is 9.14. The van der Waals surface area contributed by atoms with Gasteiger partial charge in [0.2, 0.25) is 0 Å². The van der Waals surface area contributed by atoms with Crippen LogP contribution in [0.3, 0.4) is 0 Å². The fraction of sp³-hybridized carbons (Fsp3) is 0.208. The topological polar surface area (TPSA) is 72.1 Å². The molecule has 2 heterocycles. The smallest absolute Gasteiger partial charge is 0.397 e. The molecule has 0 aliphatic carbocycles. The number of rotatable bonds is 4. The molecule has 6 heteroatoms. The van der Waals surface area contributed by atoms with Crippen LogP contribution in [-0.4, -0.2) is 10.7 Å². The van der Waals surface area contributed by atoms with Gasteiger partial charge < -0.3 is 4.74 Å². The lowest BCUT2D eigenvalue weighted by Crippen LogP contribution is -2.19. The molecule has 0 amide bonds. The summed E-state index contributed by atoms with van der Waals surface area (Å²) in [5.41, 5.74) is 6.92. The summed E-state index contributed by atoms with van der Waals surface area (Å²) in [6, 6.07) is 13.7. The first-order valence-corrected chi connectivity index (χ1v) is 10.7. The van der Waals surface area contributed by atoms with Gasteiger partial charge in [-0.15, -0.1) is 11.8 Å². The van der Waals surface area contributed by atoms with Gasteiger partial charge in [0, 0.05) is 5.75 Å². The van der Waals surface area contributed by atoms with E-state index in [1.165, 1.54) is 5.56 Å². The first-order valence-electron chi connectivity index (χ1n) is 9.74. The largest absolute Gasteiger partial charge is 0.427 e. The van der Waals surface area contributed by atoms with Crippen molar-refractivity contribution in [2.75, 3.05) is 11.1 Å². The van der Waals surface area contributed by atoms with Crippen LogP contribution < -0.4 is 15.0 Å². The second-order valence-corrected chi connectivity index (χ2v) is 8.46. The van der Waals surface area contributed by atoms with Crippen molar-refractivity contribution in [3.05, 3.63) is 70.4 Å². The predicted molar refractivity (Wildman–Crippen MR) is 120 cm³/mol. The molecule has 2 aromatic carbocycles. The van der Waals surface area contributed by atoms with Crippen molar-refractivity contribution < 1.29 is 9.72 Å². The lowest BCUT2D eigenvalue weighted by molar-refractivity contribution is -0.381. The van der Waals surface area contributed by atoms with E-state index in [0.717, 1.165) is 44.5 Å². The number of fused-ring (bicyclic) bond motifs is 1. The van der Waals surface area contributed by atoms with Crippen LogP contribution in [0, 0.1) is 32.1 Å². The van der Waals surface area contributed by atoms with Crippen molar-refractivity contribution in [3.8, 4) is 17.7 Å². The van der Waals surface area contributed by atoms with E-state index in [1.54, 1.807) is 23.9 Å². The first-order chi connectivity index (χ1) is 14.4. The summed E-state index contributed by atoms with van der Waals surface area (Å²) in [7, 11) is 0. The summed E-state index contributed by atoms with van der Waals surface area (Å²) < 4.78 is 6.43. The van der Waals surface area contributed by atoms with E-state index < -0.39 is 0 Å². The van der Waals surface area contributed by atoms with Crippen molar-refractivity contribution in [2.24, 2.45) is 0 Å². The summed E-state index contributed by atoms with van der Waals surface area (Å²) in [6.45, 7) is 8.30. The molecule has 0 saturated carbocycles. The summed E-state index contributed by atoms with van der Waals surface area (Å²) in [5, 5.41) is 12.3. The Hall–Kier alpha value is -3.30. The van der Waals surface area contributed by atoms with Crippen LogP contribution in [-0.2, 0) is 0 Å². The van der Waals surface area contributed by atoms with E-state index >= 15 is 0 Å². The van der Waals surface area contributed by atoms with Gasteiger partial charge in [-0.25, -0.2) is 10.3 Å². The monoisotopic (exact) mass is 415 g/mol. The van der Waals surface area contributed by atoms with E-state index in [1.807, 2.05) is 12.1 Å². The second-order valence-electron chi connectivity index (χ2n) is 7.43. The molecule has 0 spiro atoms. The van der Waals surface area contributed by atoms with Crippen LogP contribution in [0.25, 0.3) is 5.57 Å². The molecule has 0 bridgehead atoms. The average molecular weight is 416 g/mol. The number of nitrogens with zero attached hydrogens (tertiary/aromatic N) is 2. The predicted octanol–water partition coefficient (Wildman–Crippen LogP) is 5.74. The van der Waals surface area contributed by atoms with Gasteiger partial charge in [-0.3, -0.25) is 0 Å². The number of aryl methyl sites for hydroxylation is 3. The van der Waals surface area contributed by atoms with Gasteiger partial charge in [0.25, 0.3) is 5.88 Å². The maximum Gasteiger partial charge on any atom is 0.397 e. The standard InChI is InChI=1S/C24H22N4OS/c1-14-11-16(3)21(17(4)12-14)29-23-22-20(15(2)9-10-30-22)27-24(28-23)26-19-7-5-18(13-25)6-8-19/h5-9,11-12H,10H2,1-4H3,(H,26,27,28)/p+1. The molecule has 0 fully saturated rings. The second kappa shape index (κ2) is 8.21. The molecule has 0 atom stereocenters. The van der Waals surface area contributed by atoms with Gasteiger partial charge in [-0.05, 0) is 68.7 Å². The molecule has 3 aromatic rings. The lowest BCUT2D eigenvalue weighted by atomic mass is 10.1. The Morgan fingerprint density at radius 1 is 1.10 bits per heavy atom. The number of allylic oxidation sites excluding steroid dienone is 1. The highest BCUT2D eigenvalue weighted by Crippen LogP contribution is 2.40. The molecule has 5 nitrogen and oxygen atoms in total. The molecule has 2 N–H and O–H groups in total. The van der Waals surface area contributed by atoms with Crippen molar-refractivity contribution in [1.82, 2.24) is 4.98 Å². The van der Waals surface area contributed by atoms with Gasteiger partial charge in [0.1, 0.15) is 10.6 Å². The van der Waals surface area contributed by atoms with Gasteiger partial charge in [-0.2, -0.15) is 5.26 Å². The summed E-state index contributed by atoms with van der Waals surface area (Å²) >= 11 is 1.71. The fourth-order valence-corrected chi connectivity index (χ4v) is 4.60. The zero-order valence-corrected chi connectivity index (χ0v) is 18.3. The number of benzene rings is 2. The number of aromatic amines is 1. The number of hydrogen-bond donors (Lipinski definition) is 1. The molecule has 0 unspecified atom stereocenters. The number of hydrogen-bond acceptors (Lipinski definition) is 5. The Morgan fingerprint density at radius 3 is 2.47 bits per heavy atom. The van der Waals surface area contributed by atoms with Crippen molar-refractivity contribution in [1.29, 1.82) is 5.26 Å². The van der Waals surface area contributed by atoms with E-state index in [2.05, 4.69) is 62.3 Å². The minimum Gasteiger partial charge on any atom is -0.427 e. The van der Waals surface area contributed by atoms with Crippen molar-refractivity contribution >= 4 is 29.0 Å². The number of anilines is 2. The molecule has 1 aromatic heterocycles. The van der Waals surface area contributed by atoms with Crippen molar-refractivity contribution in [2.45, 2.75) is 32.6 Å². The normalized spacial score (nSPS) is 12.6. The molecular weight excluding hydrogens is 392 g/mol. The molecule has 0 saturated heterocycles. The van der Waals surface area contributed by atoms with Crippen LogP contribution in [0.4, 0.5) is 11.6 Å². The zero-order valence-electron chi connectivity index (χ0n) is 17.5. The Bertz CT molecular complexity index is 1170. The molecule has 150 valence electrons. The van der Waals surface area contributed by atoms with E-state index in [4.69, 9.17) is 15.0 Å². The Balaban J connectivity index is 1.76. The van der Waals surface area contributed by atoms with Crippen LogP contribution in [0.5, 0.6) is 11.6 Å². The van der Waals surface area contributed by atoms with Crippen molar-refractivity contribution in [3.63, 3.8) is 0 Å². The lowest BCUT2D eigenvalue weighted by Gasteiger charge is -2.17. The van der Waals surface area contributed by atoms with E-state index in [-0.39, 0.29) is 0 Å². The van der Waals surface area contributed by atoms with Crippen LogP contribution in [0.15, 0.2) is 47.4 Å². The van der Waals surface area contributed by atoms with Gasteiger partial charge in [0.15, 0.2) is 5.69 Å². The molecule has 0 radical (unpaired) electrons. The minimum atomic E-state index is 0.589. The van der Waals surface area contributed by atoms with Crippen LogP contribution in [0.1, 0.15) is 34.9 Å². The minimum absolute atomic E-state index is 0.589. The Kier molecular flexibility index (Phi) is 5.47. The highest BCUT2D eigenvalue weighted by atomic mass is 32.2. The van der Waals surface area contributed by atoms with E-state index in [9.17, 15) is 0 Å².